The second kappa shape index (κ2) is 13.3. The van der Waals surface area contributed by atoms with E-state index in [0.29, 0.717) is 17.7 Å². The number of hydrogen-bond acceptors (Lipinski definition) is 9. The molecule has 1 saturated heterocycles. The molecule has 1 aliphatic heterocycles. The molecule has 1 aromatic heterocycles. The van der Waals surface area contributed by atoms with Crippen molar-refractivity contribution < 1.29 is 33.3 Å². The van der Waals surface area contributed by atoms with Gasteiger partial charge in [-0.05, 0) is 55.3 Å². The van der Waals surface area contributed by atoms with Crippen LogP contribution in [0, 0.1) is 6.92 Å². The monoisotopic (exact) mass is 582 g/mol. The number of esters is 3. The number of aromatic nitrogens is 2. The summed E-state index contributed by atoms with van der Waals surface area (Å²) in [4.78, 5) is 56.6. The van der Waals surface area contributed by atoms with Crippen molar-refractivity contribution in [1.29, 1.82) is 0 Å². The highest BCUT2D eigenvalue weighted by Crippen LogP contribution is 2.35. The maximum absolute atomic E-state index is 13.3. The van der Waals surface area contributed by atoms with Crippen LogP contribution in [0.5, 0.6) is 0 Å². The van der Waals surface area contributed by atoms with E-state index in [2.05, 4.69) is 4.98 Å². The van der Waals surface area contributed by atoms with Crippen LogP contribution in [0.2, 0.25) is 0 Å². The van der Waals surface area contributed by atoms with Gasteiger partial charge in [-0.25, -0.2) is 19.2 Å². The molecule has 3 aromatic carbocycles. The summed E-state index contributed by atoms with van der Waals surface area (Å²) in [7, 11) is 0. The Balaban J connectivity index is 1.53. The normalized spacial score (nSPS) is 19.4. The van der Waals surface area contributed by atoms with E-state index in [9.17, 15) is 19.2 Å². The first-order valence-corrected chi connectivity index (χ1v) is 13.8. The van der Waals surface area contributed by atoms with Crippen LogP contribution in [-0.2, 0) is 25.4 Å². The first-order valence-electron chi connectivity index (χ1n) is 13.8. The molecule has 10 nitrogen and oxygen atoms in total. The predicted octanol–water partition coefficient (Wildman–Crippen LogP) is 4.32. The van der Waals surface area contributed by atoms with Gasteiger partial charge in [-0.3, -0.25) is 4.57 Å². The summed E-state index contributed by atoms with van der Waals surface area (Å²) in [6, 6.07) is 24.9. The fourth-order valence-corrected chi connectivity index (χ4v) is 4.80. The number of carbonyl (C=O) groups excluding carboxylic acids is 3. The van der Waals surface area contributed by atoms with Crippen LogP contribution in [-0.4, -0.2) is 52.4 Å². The lowest BCUT2D eigenvalue weighted by molar-refractivity contribution is -0.0640. The Kier molecular flexibility index (Phi) is 9.07. The van der Waals surface area contributed by atoms with Gasteiger partial charge in [-0.15, -0.1) is 0 Å². The second-order valence-corrected chi connectivity index (χ2v) is 9.90. The quantitative estimate of drug-likeness (QED) is 0.210. The van der Waals surface area contributed by atoms with Gasteiger partial charge in [0.25, 0.3) is 0 Å². The number of nitrogens with zero attached hydrogens (tertiary/aromatic N) is 2. The average Bonchev–Trinajstić information content (AvgIpc) is 3.36. The number of ether oxygens (including phenoxy) is 4. The fraction of sp³-hybridized carbons (Fsp3) is 0.242. The molecule has 0 spiro atoms. The predicted molar refractivity (Wildman–Crippen MR) is 155 cm³/mol. The van der Waals surface area contributed by atoms with Gasteiger partial charge in [0, 0.05) is 11.9 Å². The number of rotatable bonds is 9. The lowest BCUT2D eigenvalue weighted by atomic mass is 10.1. The van der Waals surface area contributed by atoms with Crippen molar-refractivity contribution in [3.63, 3.8) is 0 Å². The topological polar surface area (TPSA) is 123 Å². The van der Waals surface area contributed by atoms with Crippen molar-refractivity contribution in [2.45, 2.75) is 44.8 Å². The van der Waals surface area contributed by atoms with Gasteiger partial charge in [0.05, 0.1) is 16.7 Å². The summed E-state index contributed by atoms with van der Waals surface area (Å²) in [6.45, 7) is 3.28. The molecule has 0 amide bonds. The molecule has 0 radical (unpaired) electrons. The van der Waals surface area contributed by atoms with Gasteiger partial charge in [-0.1, -0.05) is 61.5 Å². The average molecular weight is 583 g/mol. The van der Waals surface area contributed by atoms with Crippen LogP contribution in [0.15, 0.2) is 102 Å². The zero-order chi connectivity index (χ0) is 30.3. The van der Waals surface area contributed by atoms with E-state index in [1.807, 2.05) is 6.92 Å². The van der Waals surface area contributed by atoms with Crippen molar-refractivity contribution in [3.05, 3.63) is 136 Å². The van der Waals surface area contributed by atoms with Crippen LogP contribution >= 0.6 is 0 Å². The number of hydrogen-bond donors (Lipinski definition) is 0. The summed E-state index contributed by atoms with van der Waals surface area (Å²) in [5.41, 5.74) is 1.50. The highest BCUT2D eigenvalue weighted by molar-refractivity contribution is 5.91. The Morgan fingerprint density at radius 1 is 0.767 bits per heavy atom. The minimum Gasteiger partial charge on any atom is -0.459 e. The SMILES string of the molecule is CCc1cn([C@@H]2O[C@H](COC(=O)c3ccccc3)C(OC(=O)c3ccccc3)[C@@H]2OC(=O)c2ccccc2)c(=O)nc1C. The van der Waals surface area contributed by atoms with Gasteiger partial charge in [0.2, 0.25) is 0 Å². The maximum atomic E-state index is 13.3. The van der Waals surface area contributed by atoms with Gasteiger partial charge < -0.3 is 18.9 Å². The molecule has 1 unspecified atom stereocenters. The van der Waals surface area contributed by atoms with Crippen molar-refractivity contribution in [2.75, 3.05) is 6.61 Å². The van der Waals surface area contributed by atoms with E-state index in [1.54, 1.807) is 104 Å². The summed E-state index contributed by atoms with van der Waals surface area (Å²) >= 11 is 0. The minimum absolute atomic E-state index is 0.247. The lowest BCUT2D eigenvalue weighted by Gasteiger charge is -2.25. The van der Waals surface area contributed by atoms with Gasteiger partial charge in [0.15, 0.2) is 18.4 Å². The molecule has 43 heavy (non-hydrogen) atoms. The fourth-order valence-electron chi connectivity index (χ4n) is 4.80. The summed E-state index contributed by atoms with van der Waals surface area (Å²) in [6.07, 6.45) is -2.73. The summed E-state index contributed by atoms with van der Waals surface area (Å²) in [5, 5.41) is 0. The van der Waals surface area contributed by atoms with Crippen molar-refractivity contribution in [1.82, 2.24) is 9.55 Å². The zero-order valence-electron chi connectivity index (χ0n) is 23.6. The van der Waals surface area contributed by atoms with Crippen LogP contribution in [0.4, 0.5) is 0 Å². The van der Waals surface area contributed by atoms with Crippen LogP contribution < -0.4 is 5.69 Å². The summed E-state index contributed by atoms with van der Waals surface area (Å²) < 4.78 is 24.8. The van der Waals surface area contributed by atoms with E-state index in [1.165, 1.54) is 4.57 Å². The molecule has 0 N–H and O–H groups in total. The van der Waals surface area contributed by atoms with Crippen LogP contribution in [0.25, 0.3) is 0 Å². The lowest BCUT2D eigenvalue weighted by Crippen LogP contribution is -2.42. The highest BCUT2D eigenvalue weighted by Gasteiger charge is 2.51. The number of aryl methyl sites for hydroxylation is 2. The van der Waals surface area contributed by atoms with Crippen molar-refractivity contribution >= 4 is 17.9 Å². The molecular weight excluding hydrogens is 552 g/mol. The Morgan fingerprint density at radius 2 is 1.26 bits per heavy atom. The third-order valence-corrected chi connectivity index (χ3v) is 7.08. The largest absolute Gasteiger partial charge is 0.459 e. The molecule has 220 valence electrons. The van der Waals surface area contributed by atoms with E-state index in [-0.39, 0.29) is 17.7 Å². The Hall–Kier alpha value is -5.09. The Labute approximate surface area is 247 Å². The zero-order valence-corrected chi connectivity index (χ0v) is 23.6. The molecule has 1 fully saturated rings. The molecule has 2 heterocycles. The Morgan fingerprint density at radius 3 is 1.77 bits per heavy atom. The molecule has 4 atom stereocenters. The molecule has 4 aromatic rings. The molecule has 0 bridgehead atoms. The van der Waals surface area contributed by atoms with Crippen LogP contribution in [0.3, 0.4) is 0 Å². The van der Waals surface area contributed by atoms with E-state index in [4.69, 9.17) is 18.9 Å². The third kappa shape index (κ3) is 6.70. The Bertz CT molecular complexity index is 1640. The third-order valence-electron chi connectivity index (χ3n) is 7.08. The van der Waals surface area contributed by atoms with Crippen molar-refractivity contribution in [3.8, 4) is 0 Å². The van der Waals surface area contributed by atoms with Crippen molar-refractivity contribution in [2.24, 2.45) is 0 Å². The maximum Gasteiger partial charge on any atom is 0.350 e. The second-order valence-electron chi connectivity index (χ2n) is 9.90. The first-order chi connectivity index (χ1) is 20.9. The van der Waals surface area contributed by atoms with Crippen LogP contribution in [0.1, 0.15) is 55.5 Å². The number of carbonyl (C=O) groups is 3. The molecular formula is C33H30N2O8. The molecule has 0 aliphatic carbocycles. The molecule has 5 rings (SSSR count). The van der Waals surface area contributed by atoms with E-state index < -0.39 is 48.1 Å². The minimum atomic E-state index is -1.30. The first kappa shape index (κ1) is 29.4. The van der Waals surface area contributed by atoms with Gasteiger partial charge >= 0.3 is 23.6 Å². The van der Waals surface area contributed by atoms with E-state index in [0.717, 1.165) is 5.56 Å². The number of benzene rings is 3. The summed E-state index contributed by atoms with van der Waals surface area (Å²) in [5.74, 6) is -2.05. The van der Waals surface area contributed by atoms with Gasteiger partial charge in [-0.2, -0.15) is 4.98 Å². The smallest absolute Gasteiger partial charge is 0.350 e. The standard InChI is InChI=1S/C33H30N2O8/c1-3-22-19-35(33(39)34-21(22)2)29-28(43-32(38)25-17-11-6-12-18-25)27(42-31(37)24-15-9-5-10-16-24)26(41-29)20-40-30(36)23-13-7-4-8-14-23/h4-19,26-29H,3,20H2,1-2H3/t26-,27?,28+,29-/m1/s1. The molecule has 0 saturated carbocycles. The van der Waals surface area contributed by atoms with Gasteiger partial charge in [0.1, 0.15) is 12.7 Å². The highest BCUT2D eigenvalue weighted by atomic mass is 16.7. The van der Waals surface area contributed by atoms with E-state index >= 15 is 0 Å². The molecule has 10 heteroatoms. The molecule has 1 aliphatic rings.